The maximum atomic E-state index is 12.6. The molecule has 2 aromatic rings. The standard InChI is InChI=1S/C21H17F3N4O3/c1-2-25-11-3-5-13-15(7-11)31-16-8-12(26-9-21(22,23)24)4-6-14(16)17(13)18-19(20(29)30)28-10-27-18/h3-8,10,25H,2,9H2,1H3,(H,27,28)(H,29,30). The lowest BCUT2D eigenvalue weighted by Crippen LogP contribution is -2.15. The molecule has 0 radical (unpaired) electrons. The molecule has 0 atom stereocenters. The quantitative estimate of drug-likeness (QED) is 0.404. The van der Waals surface area contributed by atoms with Crippen molar-refractivity contribution in [2.24, 2.45) is 4.99 Å². The Morgan fingerprint density at radius 3 is 2.77 bits per heavy atom. The molecule has 0 fully saturated rings. The van der Waals surface area contributed by atoms with Gasteiger partial charge >= 0.3 is 12.1 Å². The molecule has 10 heteroatoms. The van der Waals surface area contributed by atoms with Crippen LogP contribution in [0, 0.1) is 0 Å². The summed E-state index contributed by atoms with van der Waals surface area (Å²) in [5, 5.41) is 13.4. The monoisotopic (exact) mass is 430 g/mol. The van der Waals surface area contributed by atoms with Gasteiger partial charge in [0.05, 0.1) is 11.7 Å². The van der Waals surface area contributed by atoms with Crippen LogP contribution in [0.2, 0.25) is 0 Å². The SMILES string of the molecule is CCNc1ccc2c(-c3nc[nH]c3C(=O)O)c3ccc(=NCC(F)(F)F)cc-3oc2c1. The van der Waals surface area contributed by atoms with Crippen molar-refractivity contribution >= 4 is 22.6 Å². The van der Waals surface area contributed by atoms with Crippen molar-refractivity contribution in [3.05, 3.63) is 53.8 Å². The molecule has 0 saturated heterocycles. The minimum absolute atomic E-state index is 0.0993. The first-order chi connectivity index (χ1) is 14.8. The minimum atomic E-state index is -4.42. The maximum Gasteiger partial charge on any atom is 0.407 e. The molecule has 1 aromatic heterocycles. The number of rotatable bonds is 5. The third-order valence-corrected chi connectivity index (χ3v) is 4.62. The number of benzene rings is 2. The van der Waals surface area contributed by atoms with E-state index in [9.17, 15) is 23.1 Å². The van der Waals surface area contributed by atoms with Gasteiger partial charge in [0.1, 0.15) is 23.6 Å². The highest BCUT2D eigenvalue weighted by atomic mass is 19.4. The highest BCUT2D eigenvalue weighted by Gasteiger charge is 2.27. The lowest BCUT2D eigenvalue weighted by Gasteiger charge is -2.15. The first-order valence-electron chi connectivity index (χ1n) is 9.35. The Labute approximate surface area is 173 Å². The van der Waals surface area contributed by atoms with Crippen molar-refractivity contribution in [1.29, 1.82) is 0 Å². The van der Waals surface area contributed by atoms with Crippen LogP contribution in [0.15, 0.2) is 52.1 Å². The van der Waals surface area contributed by atoms with Gasteiger partial charge in [0.2, 0.25) is 0 Å². The van der Waals surface area contributed by atoms with E-state index in [0.717, 1.165) is 5.69 Å². The summed E-state index contributed by atoms with van der Waals surface area (Å²) in [6, 6.07) is 9.75. The normalized spacial score (nSPS) is 12.6. The number of anilines is 1. The zero-order valence-electron chi connectivity index (χ0n) is 16.2. The van der Waals surface area contributed by atoms with Gasteiger partial charge in [-0.1, -0.05) is 0 Å². The lowest BCUT2D eigenvalue weighted by molar-refractivity contribution is -0.118. The largest absolute Gasteiger partial charge is 0.477 e. The third kappa shape index (κ3) is 4.09. The van der Waals surface area contributed by atoms with Crippen molar-refractivity contribution in [3.63, 3.8) is 0 Å². The zero-order chi connectivity index (χ0) is 22.2. The van der Waals surface area contributed by atoms with Crippen LogP contribution < -0.4 is 10.7 Å². The highest BCUT2D eigenvalue weighted by Crippen LogP contribution is 2.40. The van der Waals surface area contributed by atoms with Gasteiger partial charge < -0.3 is 19.8 Å². The molecular formula is C21H17F3N4O3. The Bertz CT molecular complexity index is 1310. The number of carboxylic acids is 1. The average Bonchev–Trinajstić information content (AvgIpc) is 3.19. The molecule has 0 saturated carbocycles. The van der Waals surface area contributed by atoms with Gasteiger partial charge in [0.15, 0.2) is 5.69 Å². The molecule has 0 bridgehead atoms. The van der Waals surface area contributed by atoms with Gasteiger partial charge in [0.25, 0.3) is 0 Å². The fourth-order valence-corrected chi connectivity index (χ4v) is 3.37. The molecule has 3 N–H and O–H groups in total. The predicted molar refractivity (Wildman–Crippen MR) is 108 cm³/mol. The van der Waals surface area contributed by atoms with Gasteiger partial charge in [-0.25, -0.2) is 9.78 Å². The second-order valence-corrected chi connectivity index (χ2v) is 6.76. The molecule has 0 amide bonds. The Balaban J connectivity index is 2.02. The average molecular weight is 430 g/mol. The van der Waals surface area contributed by atoms with E-state index in [-0.39, 0.29) is 22.5 Å². The molecule has 1 aliphatic carbocycles. The molecule has 2 aliphatic rings. The van der Waals surface area contributed by atoms with E-state index in [1.165, 1.54) is 18.5 Å². The van der Waals surface area contributed by atoms with Gasteiger partial charge in [-0.3, -0.25) is 4.99 Å². The molecule has 160 valence electrons. The molecule has 31 heavy (non-hydrogen) atoms. The summed E-state index contributed by atoms with van der Waals surface area (Å²) < 4.78 is 43.7. The summed E-state index contributed by atoms with van der Waals surface area (Å²) in [5.41, 5.74) is 2.31. The molecule has 1 aliphatic heterocycles. The number of nitrogens with one attached hydrogen (secondary N) is 2. The summed E-state index contributed by atoms with van der Waals surface area (Å²) in [6.45, 7) is 1.30. The van der Waals surface area contributed by atoms with Crippen molar-refractivity contribution in [3.8, 4) is 22.6 Å². The molecule has 2 heterocycles. The predicted octanol–water partition coefficient (Wildman–Crippen LogP) is 4.52. The highest BCUT2D eigenvalue weighted by molar-refractivity contribution is 6.06. The lowest BCUT2D eigenvalue weighted by atomic mass is 9.96. The number of nitrogens with zero attached hydrogens (tertiary/aromatic N) is 2. The second-order valence-electron chi connectivity index (χ2n) is 6.76. The molecule has 0 unspecified atom stereocenters. The Hall–Kier alpha value is -3.82. The third-order valence-electron chi connectivity index (χ3n) is 4.62. The van der Waals surface area contributed by atoms with Gasteiger partial charge in [-0.2, -0.15) is 13.2 Å². The summed E-state index contributed by atoms with van der Waals surface area (Å²) >= 11 is 0. The van der Waals surface area contributed by atoms with Crippen LogP contribution in [-0.4, -0.2) is 40.3 Å². The smallest absolute Gasteiger partial charge is 0.407 e. The number of carbonyl (C=O) groups is 1. The van der Waals surface area contributed by atoms with Crippen molar-refractivity contribution in [1.82, 2.24) is 9.97 Å². The number of fused-ring (bicyclic) bond motifs is 2. The summed E-state index contributed by atoms with van der Waals surface area (Å²) in [7, 11) is 0. The number of aromatic nitrogens is 2. The summed E-state index contributed by atoms with van der Waals surface area (Å²) in [4.78, 5) is 22.1. The zero-order valence-corrected chi connectivity index (χ0v) is 16.2. The molecule has 7 nitrogen and oxygen atoms in total. The van der Waals surface area contributed by atoms with Crippen LogP contribution in [-0.2, 0) is 0 Å². The number of hydrogen-bond acceptors (Lipinski definition) is 5. The Morgan fingerprint density at radius 2 is 2.06 bits per heavy atom. The molecule has 0 spiro atoms. The summed E-state index contributed by atoms with van der Waals surface area (Å²) in [6.07, 6.45) is -3.15. The fraction of sp³-hybridized carbons (Fsp3) is 0.190. The maximum absolute atomic E-state index is 12.6. The van der Waals surface area contributed by atoms with E-state index < -0.39 is 18.7 Å². The number of halogens is 3. The number of hydrogen-bond donors (Lipinski definition) is 3. The molecular weight excluding hydrogens is 413 g/mol. The molecule has 1 aromatic carbocycles. The Morgan fingerprint density at radius 1 is 1.26 bits per heavy atom. The van der Waals surface area contributed by atoms with Crippen LogP contribution in [0.3, 0.4) is 0 Å². The van der Waals surface area contributed by atoms with E-state index >= 15 is 0 Å². The summed E-state index contributed by atoms with van der Waals surface area (Å²) in [5.74, 6) is -0.922. The van der Waals surface area contributed by atoms with Gasteiger partial charge in [-0.05, 0) is 31.2 Å². The van der Waals surface area contributed by atoms with E-state index in [1.807, 2.05) is 13.0 Å². The van der Waals surface area contributed by atoms with Crippen LogP contribution in [0.1, 0.15) is 17.4 Å². The fourth-order valence-electron chi connectivity index (χ4n) is 3.37. The number of imidazole rings is 1. The Kier molecular flexibility index (Phi) is 5.14. The number of H-pyrrole nitrogens is 1. The van der Waals surface area contributed by atoms with Crippen molar-refractivity contribution < 1.29 is 27.5 Å². The van der Waals surface area contributed by atoms with Crippen molar-refractivity contribution in [2.45, 2.75) is 13.1 Å². The van der Waals surface area contributed by atoms with Crippen LogP contribution in [0.5, 0.6) is 0 Å². The first kappa shape index (κ1) is 20.5. The first-order valence-corrected chi connectivity index (χ1v) is 9.35. The van der Waals surface area contributed by atoms with E-state index in [4.69, 9.17) is 4.42 Å². The second kappa shape index (κ2) is 7.78. The van der Waals surface area contributed by atoms with E-state index in [2.05, 4.69) is 20.3 Å². The van der Waals surface area contributed by atoms with Crippen LogP contribution in [0.25, 0.3) is 33.6 Å². The number of carboxylic acid groups (broad SMARTS) is 1. The van der Waals surface area contributed by atoms with Crippen LogP contribution >= 0.6 is 0 Å². The topological polar surface area (TPSA) is 104 Å². The molecule has 4 rings (SSSR count). The van der Waals surface area contributed by atoms with Gasteiger partial charge in [0, 0.05) is 40.9 Å². The number of alkyl halides is 3. The van der Waals surface area contributed by atoms with Crippen LogP contribution in [0.4, 0.5) is 18.9 Å². The van der Waals surface area contributed by atoms with Gasteiger partial charge in [-0.15, -0.1) is 0 Å². The van der Waals surface area contributed by atoms with E-state index in [0.29, 0.717) is 28.6 Å². The number of aromatic amines is 1. The van der Waals surface area contributed by atoms with E-state index in [1.54, 1.807) is 18.2 Å². The van der Waals surface area contributed by atoms with Crippen molar-refractivity contribution in [2.75, 3.05) is 18.4 Å². The minimum Gasteiger partial charge on any atom is -0.477 e. The number of aromatic carboxylic acids is 1.